The Morgan fingerprint density at radius 3 is 1.24 bits per heavy atom. The first-order valence-electron chi connectivity index (χ1n) is 11.1. The zero-order valence-electron chi connectivity index (χ0n) is 19.3. The SMILES string of the molecule is Oc1ccc(C(c2ccc(O)cc2Br)C(Br)C(CCl)(c2ccc(O)cc2Br)c2ccc(O)cc2Br)c(Br)c1. The molecule has 0 bridgehead atoms. The molecule has 4 aromatic rings. The van der Waals surface area contributed by atoms with Crippen LogP contribution in [-0.2, 0) is 5.41 Å². The molecule has 0 amide bonds. The molecular formula is C28H20Br5ClO4. The molecule has 4 nitrogen and oxygen atoms in total. The molecule has 0 saturated heterocycles. The highest BCUT2D eigenvalue weighted by atomic mass is 79.9. The van der Waals surface area contributed by atoms with E-state index in [0.29, 0.717) is 17.9 Å². The maximum Gasteiger partial charge on any atom is 0.116 e. The van der Waals surface area contributed by atoms with E-state index < -0.39 is 10.2 Å². The Bertz CT molecular complexity index is 1390. The molecule has 0 aromatic heterocycles. The first kappa shape index (κ1) is 29.7. The van der Waals surface area contributed by atoms with Crippen LogP contribution in [0.25, 0.3) is 0 Å². The van der Waals surface area contributed by atoms with Crippen LogP contribution in [0.1, 0.15) is 28.2 Å². The maximum atomic E-state index is 10.2. The smallest absolute Gasteiger partial charge is 0.116 e. The second kappa shape index (κ2) is 12.1. The fourth-order valence-corrected chi connectivity index (χ4v) is 9.23. The average molecular weight is 855 g/mol. The van der Waals surface area contributed by atoms with E-state index in [4.69, 9.17) is 11.6 Å². The van der Waals surface area contributed by atoms with Crippen LogP contribution in [0.5, 0.6) is 23.0 Å². The first-order chi connectivity index (χ1) is 18.0. The minimum atomic E-state index is -0.945. The lowest BCUT2D eigenvalue weighted by molar-refractivity contribution is 0.468. The van der Waals surface area contributed by atoms with Gasteiger partial charge in [0.25, 0.3) is 0 Å². The van der Waals surface area contributed by atoms with Gasteiger partial charge in [-0.05, 0) is 70.8 Å². The third-order valence-corrected chi connectivity index (χ3v) is 10.9. The number of hydrogen-bond donors (Lipinski definition) is 4. The van der Waals surface area contributed by atoms with Crippen LogP contribution in [0.15, 0.2) is 90.7 Å². The number of phenolic OH excluding ortho intramolecular Hbond substituents is 4. The Hall–Kier alpha value is -1.23. The summed E-state index contributed by atoms with van der Waals surface area (Å²) in [6, 6.07) is 20.3. The van der Waals surface area contributed by atoms with Gasteiger partial charge in [0, 0.05) is 39.9 Å². The molecule has 0 spiro atoms. The van der Waals surface area contributed by atoms with Gasteiger partial charge in [0.1, 0.15) is 23.0 Å². The molecule has 0 aliphatic heterocycles. The Labute approximate surface area is 267 Å². The molecule has 4 aromatic carbocycles. The van der Waals surface area contributed by atoms with Gasteiger partial charge in [-0.2, -0.15) is 0 Å². The molecule has 0 aliphatic carbocycles. The van der Waals surface area contributed by atoms with Crippen molar-refractivity contribution < 1.29 is 20.4 Å². The van der Waals surface area contributed by atoms with Gasteiger partial charge in [-0.3, -0.25) is 0 Å². The summed E-state index contributed by atoms with van der Waals surface area (Å²) in [6.07, 6.45) is 0. The van der Waals surface area contributed by atoms with Crippen LogP contribution < -0.4 is 0 Å². The second-order valence-corrected chi connectivity index (χ2v) is 13.4. The van der Waals surface area contributed by atoms with Crippen molar-refractivity contribution in [2.75, 3.05) is 5.88 Å². The summed E-state index contributed by atoms with van der Waals surface area (Å²) in [7, 11) is 0. The Kier molecular flexibility index (Phi) is 9.48. The van der Waals surface area contributed by atoms with Crippen molar-refractivity contribution in [1.82, 2.24) is 0 Å². The predicted molar refractivity (Wildman–Crippen MR) is 169 cm³/mol. The van der Waals surface area contributed by atoms with Crippen LogP contribution in [0, 0.1) is 0 Å². The Balaban J connectivity index is 2.10. The zero-order chi connectivity index (χ0) is 27.8. The molecule has 0 heterocycles. The molecule has 0 saturated carbocycles. The summed E-state index contributed by atoms with van der Waals surface area (Å²) in [4.78, 5) is -0.448. The highest BCUT2D eigenvalue weighted by molar-refractivity contribution is 9.11. The molecule has 1 unspecified atom stereocenters. The zero-order valence-corrected chi connectivity index (χ0v) is 28.0. The van der Waals surface area contributed by atoms with Gasteiger partial charge in [0.15, 0.2) is 0 Å². The summed E-state index contributed by atoms with van der Waals surface area (Å²) in [5.41, 5.74) is 2.37. The van der Waals surface area contributed by atoms with Crippen molar-refractivity contribution in [2.24, 2.45) is 0 Å². The highest BCUT2D eigenvalue weighted by Gasteiger charge is 2.48. The number of benzene rings is 4. The monoisotopic (exact) mass is 850 g/mol. The minimum absolute atomic E-state index is 0.0964. The summed E-state index contributed by atoms with van der Waals surface area (Å²) < 4.78 is 2.67. The summed E-state index contributed by atoms with van der Waals surface area (Å²) in [5.74, 6) is 0.138. The van der Waals surface area contributed by atoms with Crippen molar-refractivity contribution in [1.29, 1.82) is 0 Å². The summed E-state index contributed by atoms with van der Waals surface area (Å²) in [6.45, 7) is 0. The van der Waals surface area contributed by atoms with E-state index in [9.17, 15) is 20.4 Å². The molecule has 38 heavy (non-hydrogen) atoms. The van der Waals surface area contributed by atoms with Gasteiger partial charge in [-0.15, -0.1) is 11.6 Å². The van der Waals surface area contributed by atoms with Crippen molar-refractivity contribution in [2.45, 2.75) is 16.2 Å². The number of rotatable bonds is 7. The van der Waals surface area contributed by atoms with Crippen LogP contribution >= 0.6 is 91.3 Å². The third kappa shape index (κ3) is 5.65. The Morgan fingerprint density at radius 1 is 0.579 bits per heavy atom. The van der Waals surface area contributed by atoms with Crippen LogP contribution in [0.4, 0.5) is 0 Å². The lowest BCUT2D eigenvalue weighted by Gasteiger charge is -2.43. The summed E-state index contributed by atoms with van der Waals surface area (Å²) in [5, 5.41) is 40.7. The number of phenols is 4. The van der Waals surface area contributed by atoms with E-state index in [0.717, 1.165) is 22.3 Å². The van der Waals surface area contributed by atoms with E-state index in [1.165, 1.54) is 0 Å². The second-order valence-electron chi connectivity index (χ2n) is 8.72. The lowest BCUT2D eigenvalue weighted by atomic mass is 9.67. The molecule has 0 radical (unpaired) electrons. The third-order valence-electron chi connectivity index (χ3n) is 6.48. The first-order valence-corrected chi connectivity index (χ1v) is 15.8. The molecule has 4 rings (SSSR count). The predicted octanol–water partition coefficient (Wildman–Crippen LogP) is 9.68. The molecule has 4 N–H and O–H groups in total. The fraction of sp³-hybridized carbons (Fsp3) is 0.143. The largest absolute Gasteiger partial charge is 0.508 e. The molecule has 0 aliphatic rings. The standard InChI is InChI=1S/C28H20Br5ClO4/c29-22-9-14(35)1-5-18(22)26(19-6-2-15(36)10-23(19)30)27(33)28(13-34,20-7-3-16(37)11-24(20)31)21-8-4-17(38)12-25(21)32/h1-12,26-27,35-38H,13H2. The number of alkyl halides is 2. The van der Waals surface area contributed by atoms with Crippen LogP contribution in [0.3, 0.4) is 0 Å². The minimum Gasteiger partial charge on any atom is -0.508 e. The fourth-order valence-electron chi connectivity index (χ4n) is 4.70. The average Bonchev–Trinajstić information content (AvgIpc) is 2.84. The van der Waals surface area contributed by atoms with Gasteiger partial charge in [-0.25, -0.2) is 0 Å². The molecule has 198 valence electrons. The van der Waals surface area contributed by atoms with Crippen molar-refractivity contribution in [3.63, 3.8) is 0 Å². The lowest BCUT2D eigenvalue weighted by Crippen LogP contribution is -2.43. The normalized spacial score (nSPS) is 12.6. The van der Waals surface area contributed by atoms with E-state index in [2.05, 4.69) is 79.6 Å². The van der Waals surface area contributed by atoms with Crippen molar-refractivity contribution in [3.05, 3.63) is 113 Å². The summed E-state index contributed by atoms with van der Waals surface area (Å²) >= 11 is 25.6. The van der Waals surface area contributed by atoms with Gasteiger partial charge >= 0.3 is 0 Å². The number of halogens is 6. The van der Waals surface area contributed by atoms with Gasteiger partial charge in [0.2, 0.25) is 0 Å². The van der Waals surface area contributed by atoms with E-state index in [1.807, 2.05) is 24.3 Å². The van der Waals surface area contributed by atoms with Crippen LogP contribution in [-0.4, -0.2) is 31.1 Å². The molecular weight excluding hydrogens is 835 g/mol. The van der Waals surface area contributed by atoms with Crippen molar-refractivity contribution in [3.8, 4) is 23.0 Å². The quantitative estimate of drug-likeness (QED) is 0.140. The van der Waals surface area contributed by atoms with E-state index >= 15 is 0 Å². The maximum absolute atomic E-state index is 10.2. The van der Waals surface area contributed by atoms with Crippen molar-refractivity contribution >= 4 is 91.3 Å². The Morgan fingerprint density at radius 2 is 0.921 bits per heavy atom. The molecule has 10 heteroatoms. The van der Waals surface area contributed by atoms with Crippen LogP contribution in [0.2, 0.25) is 0 Å². The van der Waals surface area contributed by atoms with Gasteiger partial charge in [-0.1, -0.05) is 104 Å². The number of hydrogen-bond acceptors (Lipinski definition) is 4. The highest BCUT2D eigenvalue weighted by Crippen LogP contribution is 2.54. The van der Waals surface area contributed by atoms with Gasteiger partial charge < -0.3 is 20.4 Å². The van der Waals surface area contributed by atoms with E-state index in [1.54, 1.807) is 48.5 Å². The molecule has 0 fully saturated rings. The number of aromatic hydroxyl groups is 4. The van der Waals surface area contributed by atoms with E-state index in [-0.39, 0.29) is 34.8 Å². The van der Waals surface area contributed by atoms with Gasteiger partial charge in [0.05, 0.1) is 0 Å². The molecule has 1 atom stereocenters. The topological polar surface area (TPSA) is 80.9 Å².